The van der Waals surface area contributed by atoms with Gasteiger partial charge in [-0.05, 0) is 18.6 Å². The minimum Gasteiger partial charge on any atom is -0.331 e. The lowest BCUT2D eigenvalue weighted by Gasteiger charge is -2.36. The summed E-state index contributed by atoms with van der Waals surface area (Å²) in [6.45, 7) is 4.29. The van der Waals surface area contributed by atoms with Gasteiger partial charge in [0, 0.05) is 57.9 Å². The Bertz CT molecular complexity index is 817. The van der Waals surface area contributed by atoms with Crippen molar-refractivity contribution in [3.8, 4) is 0 Å². The number of hydrogen-bond donors (Lipinski definition) is 1. The van der Waals surface area contributed by atoms with E-state index in [2.05, 4.69) is 25.1 Å². The quantitative estimate of drug-likeness (QED) is 0.838. The Morgan fingerprint density at radius 2 is 1.93 bits per heavy atom. The third-order valence-electron chi connectivity index (χ3n) is 5.46. The van der Waals surface area contributed by atoms with E-state index < -0.39 is 11.7 Å². The van der Waals surface area contributed by atoms with Crippen LogP contribution >= 0.6 is 0 Å². The van der Waals surface area contributed by atoms with Crippen molar-refractivity contribution in [3.63, 3.8) is 0 Å². The zero-order chi connectivity index (χ0) is 20.4. The van der Waals surface area contributed by atoms with Crippen LogP contribution < -0.4 is 0 Å². The Morgan fingerprint density at radius 1 is 1.14 bits per heavy atom. The number of halogens is 3. The van der Waals surface area contributed by atoms with Crippen LogP contribution in [0.4, 0.5) is 18.0 Å². The highest BCUT2D eigenvalue weighted by molar-refractivity contribution is 5.75. The molecular weight excluding hydrogens is 387 g/mol. The van der Waals surface area contributed by atoms with E-state index >= 15 is 0 Å². The number of pyridine rings is 1. The first-order valence-corrected chi connectivity index (χ1v) is 9.54. The van der Waals surface area contributed by atoms with E-state index in [0.717, 1.165) is 24.5 Å². The topological polar surface area (TPSA) is 81.2 Å². The number of amides is 2. The molecule has 4 rings (SSSR count). The molecule has 29 heavy (non-hydrogen) atoms. The highest BCUT2D eigenvalue weighted by atomic mass is 19.4. The fraction of sp³-hybridized carbons (Fsp3) is 0.556. The number of H-pyrrole nitrogens is 1. The fourth-order valence-corrected chi connectivity index (χ4v) is 3.78. The Hall–Kier alpha value is -2.69. The van der Waals surface area contributed by atoms with Crippen molar-refractivity contribution in [2.75, 3.05) is 39.3 Å². The maximum atomic E-state index is 12.8. The van der Waals surface area contributed by atoms with Crippen LogP contribution in [0.2, 0.25) is 0 Å². The fourth-order valence-electron chi connectivity index (χ4n) is 3.78. The number of piperazine rings is 1. The van der Waals surface area contributed by atoms with Crippen LogP contribution in [0.15, 0.2) is 24.7 Å². The average molecular weight is 409 g/mol. The van der Waals surface area contributed by atoms with Gasteiger partial charge < -0.3 is 14.8 Å². The molecule has 4 heterocycles. The summed E-state index contributed by atoms with van der Waals surface area (Å²) < 4.78 is 37.9. The molecule has 1 N–H and O–H groups in total. The number of nitrogens with zero attached hydrogens (tertiary/aromatic N) is 6. The molecular formula is C18H22F3N7O. The molecule has 1 atom stereocenters. The summed E-state index contributed by atoms with van der Waals surface area (Å²) in [7, 11) is 0. The van der Waals surface area contributed by atoms with Crippen LogP contribution in [0, 0.1) is 0 Å². The van der Waals surface area contributed by atoms with E-state index in [1.807, 2.05) is 9.80 Å². The van der Waals surface area contributed by atoms with Crippen molar-refractivity contribution in [3.05, 3.63) is 41.7 Å². The Balaban J connectivity index is 1.25. The number of urea groups is 1. The molecule has 156 valence electrons. The first-order valence-electron chi connectivity index (χ1n) is 9.54. The van der Waals surface area contributed by atoms with Gasteiger partial charge in [0.25, 0.3) is 0 Å². The van der Waals surface area contributed by atoms with Gasteiger partial charge in [-0.3, -0.25) is 9.88 Å². The minimum absolute atomic E-state index is 0.0271. The highest BCUT2D eigenvalue weighted by Crippen LogP contribution is 2.28. The molecule has 2 aromatic heterocycles. The predicted molar refractivity (Wildman–Crippen MR) is 96.8 cm³/mol. The third kappa shape index (κ3) is 4.50. The van der Waals surface area contributed by atoms with E-state index in [9.17, 15) is 18.0 Å². The number of aromatic amines is 1. The maximum Gasteiger partial charge on any atom is 0.417 e. The van der Waals surface area contributed by atoms with Gasteiger partial charge in [-0.1, -0.05) is 0 Å². The molecule has 0 unspecified atom stereocenters. The number of hydrogen-bond acceptors (Lipinski definition) is 5. The number of rotatable bonds is 3. The predicted octanol–water partition coefficient (Wildman–Crippen LogP) is 1.95. The number of aromatic nitrogens is 4. The average Bonchev–Trinajstić information content (AvgIpc) is 3.39. The smallest absolute Gasteiger partial charge is 0.331 e. The summed E-state index contributed by atoms with van der Waals surface area (Å²) in [5.41, 5.74) is -0.155. The Morgan fingerprint density at radius 3 is 2.55 bits per heavy atom. The van der Waals surface area contributed by atoms with Crippen LogP contribution in [0.5, 0.6) is 0 Å². The first-order chi connectivity index (χ1) is 13.9. The highest BCUT2D eigenvalue weighted by Gasteiger charge is 2.33. The molecule has 0 bridgehead atoms. The second-order valence-corrected chi connectivity index (χ2v) is 7.39. The molecule has 0 saturated carbocycles. The first kappa shape index (κ1) is 19.6. The van der Waals surface area contributed by atoms with Gasteiger partial charge >= 0.3 is 12.2 Å². The summed E-state index contributed by atoms with van der Waals surface area (Å²) in [4.78, 5) is 25.5. The van der Waals surface area contributed by atoms with E-state index in [-0.39, 0.29) is 11.9 Å². The summed E-state index contributed by atoms with van der Waals surface area (Å²) in [5, 5.41) is 7.84. The van der Waals surface area contributed by atoms with Gasteiger partial charge in [-0.25, -0.2) is 4.79 Å². The molecule has 2 aromatic rings. The van der Waals surface area contributed by atoms with Gasteiger partial charge in [0.15, 0.2) is 0 Å². The van der Waals surface area contributed by atoms with E-state index in [1.54, 1.807) is 6.33 Å². The van der Waals surface area contributed by atoms with Crippen LogP contribution in [0.3, 0.4) is 0 Å². The molecule has 2 amide bonds. The largest absolute Gasteiger partial charge is 0.417 e. The number of likely N-dealkylation sites (tertiary alicyclic amines) is 1. The SMILES string of the molecule is O=C(N1CCN(Cc2ccc(C(F)(F)F)cn2)CC1)N1CC[C@H](c2nnc[nH]2)C1. The van der Waals surface area contributed by atoms with Crippen molar-refractivity contribution >= 4 is 6.03 Å². The molecule has 11 heteroatoms. The number of carbonyl (C=O) groups excluding carboxylic acids is 1. The van der Waals surface area contributed by atoms with Crippen LogP contribution in [-0.4, -0.2) is 80.2 Å². The van der Waals surface area contributed by atoms with Crippen LogP contribution in [-0.2, 0) is 12.7 Å². The standard InChI is InChI=1S/C18H22F3N7O/c19-18(20,21)14-1-2-15(22-9-14)11-26-5-7-27(8-6-26)17(29)28-4-3-13(10-28)16-23-12-24-25-16/h1-2,9,12-13H,3-8,10-11H2,(H,23,24,25)/t13-/m0/s1. The molecule has 0 aromatic carbocycles. The van der Waals surface area contributed by atoms with Crippen molar-refractivity contribution in [1.82, 2.24) is 34.9 Å². The summed E-state index contributed by atoms with van der Waals surface area (Å²) >= 11 is 0. The molecule has 2 saturated heterocycles. The summed E-state index contributed by atoms with van der Waals surface area (Å²) in [6.07, 6.45) is -1.10. The monoisotopic (exact) mass is 409 g/mol. The van der Waals surface area contributed by atoms with Crippen molar-refractivity contribution in [1.29, 1.82) is 0 Å². The van der Waals surface area contributed by atoms with Crippen molar-refractivity contribution < 1.29 is 18.0 Å². The van der Waals surface area contributed by atoms with Crippen LogP contribution in [0.1, 0.15) is 29.4 Å². The van der Waals surface area contributed by atoms with Gasteiger partial charge in [0.05, 0.1) is 11.3 Å². The van der Waals surface area contributed by atoms with Crippen molar-refractivity contribution in [2.24, 2.45) is 0 Å². The maximum absolute atomic E-state index is 12.8. The molecule has 2 aliphatic heterocycles. The lowest BCUT2D eigenvalue weighted by atomic mass is 10.1. The molecule has 8 nitrogen and oxygen atoms in total. The zero-order valence-electron chi connectivity index (χ0n) is 15.8. The molecule has 2 aliphatic rings. The van der Waals surface area contributed by atoms with Gasteiger partial charge in [0.1, 0.15) is 12.2 Å². The second-order valence-electron chi connectivity index (χ2n) is 7.39. The van der Waals surface area contributed by atoms with Crippen molar-refractivity contribution in [2.45, 2.75) is 25.1 Å². The van der Waals surface area contributed by atoms with Gasteiger partial charge in [-0.15, -0.1) is 10.2 Å². The Kier molecular flexibility index (Phi) is 5.39. The Labute approximate surface area is 165 Å². The zero-order valence-corrected chi connectivity index (χ0v) is 15.8. The second kappa shape index (κ2) is 7.97. The van der Waals surface area contributed by atoms with Gasteiger partial charge in [0.2, 0.25) is 0 Å². The van der Waals surface area contributed by atoms with Crippen LogP contribution in [0.25, 0.3) is 0 Å². The molecule has 0 aliphatic carbocycles. The van der Waals surface area contributed by atoms with Gasteiger partial charge in [-0.2, -0.15) is 13.2 Å². The molecule has 0 spiro atoms. The molecule has 0 radical (unpaired) electrons. The number of alkyl halides is 3. The normalized spacial score (nSPS) is 21.0. The van der Waals surface area contributed by atoms with E-state index in [1.165, 1.54) is 6.07 Å². The van der Waals surface area contributed by atoms with E-state index in [0.29, 0.717) is 51.5 Å². The lowest BCUT2D eigenvalue weighted by molar-refractivity contribution is -0.137. The number of carbonyl (C=O) groups is 1. The molecule has 2 fully saturated rings. The summed E-state index contributed by atoms with van der Waals surface area (Å²) in [6, 6.07) is 2.49. The van der Waals surface area contributed by atoms with E-state index in [4.69, 9.17) is 0 Å². The number of nitrogens with one attached hydrogen (secondary N) is 1. The third-order valence-corrected chi connectivity index (χ3v) is 5.46. The minimum atomic E-state index is -4.38. The lowest BCUT2D eigenvalue weighted by Crippen LogP contribution is -2.52. The summed E-state index contributed by atoms with van der Waals surface area (Å²) in [5.74, 6) is 1.00.